The summed E-state index contributed by atoms with van der Waals surface area (Å²) in [7, 11) is 0. The third-order valence-corrected chi connectivity index (χ3v) is 6.01. The molecule has 8 nitrogen and oxygen atoms in total. The molecule has 0 aliphatic heterocycles. The van der Waals surface area contributed by atoms with Crippen molar-refractivity contribution in [1.29, 1.82) is 0 Å². The van der Waals surface area contributed by atoms with Crippen molar-refractivity contribution in [3.05, 3.63) is 97.8 Å². The van der Waals surface area contributed by atoms with Crippen LogP contribution in [0.4, 0.5) is 11.4 Å². The second-order valence-corrected chi connectivity index (χ2v) is 8.50. The van der Waals surface area contributed by atoms with Crippen LogP contribution < -0.4 is 10.9 Å². The predicted octanol–water partition coefficient (Wildman–Crippen LogP) is 4.99. The molecule has 0 fully saturated rings. The number of aryl methyl sites for hydroxylation is 1. The van der Waals surface area contributed by atoms with E-state index in [1.807, 2.05) is 0 Å². The first-order valence-corrected chi connectivity index (χ1v) is 11.2. The summed E-state index contributed by atoms with van der Waals surface area (Å²) >= 11 is 7.24. The molecule has 0 bridgehead atoms. The molecule has 0 radical (unpaired) electrons. The van der Waals surface area contributed by atoms with Crippen LogP contribution in [0.25, 0.3) is 16.6 Å². The monoisotopic (exact) mass is 480 g/mol. The first-order chi connectivity index (χ1) is 15.8. The van der Waals surface area contributed by atoms with Crippen LogP contribution in [-0.4, -0.2) is 26.1 Å². The Kier molecular flexibility index (Phi) is 6.43. The van der Waals surface area contributed by atoms with Crippen LogP contribution in [0.15, 0.2) is 76.7 Å². The second-order valence-electron chi connectivity index (χ2n) is 7.13. The summed E-state index contributed by atoms with van der Waals surface area (Å²) in [6, 6.07) is 18.0. The summed E-state index contributed by atoms with van der Waals surface area (Å²) < 4.78 is 1.43. The topological polar surface area (TPSA) is 107 Å². The molecule has 3 aromatic carbocycles. The summed E-state index contributed by atoms with van der Waals surface area (Å²) in [4.78, 5) is 40.9. The molecule has 0 unspecified atom stereocenters. The van der Waals surface area contributed by atoms with Gasteiger partial charge in [-0.25, -0.2) is 4.98 Å². The Labute approximate surface area is 197 Å². The van der Waals surface area contributed by atoms with Gasteiger partial charge in [0, 0.05) is 22.8 Å². The summed E-state index contributed by atoms with van der Waals surface area (Å²) in [6.07, 6.45) is 0. The van der Waals surface area contributed by atoms with Crippen LogP contribution in [0.1, 0.15) is 5.56 Å². The number of benzene rings is 3. The van der Waals surface area contributed by atoms with E-state index in [0.29, 0.717) is 38.0 Å². The summed E-state index contributed by atoms with van der Waals surface area (Å²) in [5.41, 5.74) is 1.80. The number of nitrogens with zero attached hydrogens (tertiary/aromatic N) is 3. The normalized spacial score (nSPS) is 10.8. The highest BCUT2D eigenvalue weighted by molar-refractivity contribution is 7.99. The fraction of sp³-hybridized carbons (Fsp3) is 0.0870. The van der Waals surface area contributed by atoms with Gasteiger partial charge in [0.25, 0.3) is 11.2 Å². The Morgan fingerprint density at radius 1 is 1.15 bits per heavy atom. The van der Waals surface area contributed by atoms with Crippen molar-refractivity contribution in [2.75, 3.05) is 11.1 Å². The third-order valence-electron chi connectivity index (χ3n) is 4.84. The van der Waals surface area contributed by atoms with Gasteiger partial charge >= 0.3 is 0 Å². The largest absolute Gasteiger partial charge is 0.325 e. The highest BCUT2D eigenvalue weighted by Gasteiger charge is 2.16. The number of amides is 1. The average Bonchev–Trinajstić information content (AvgIpc) is 2.79. The molecule has 0 aliphatic rings. The van der Waals surface area contributed by atoms with Crippen LogP contribution in [-0.2, 0) is 4.79 Å². The number of non-ortho nitro benzene ring substituents is 1. The quantitative estimate of drug-likeness (QED) is 0.180. The number of hydrogen-bond donors (Lipinski definition) is 1. The number of hydrogen-bond acceptors (Lipinski definition) is 6. The Hall–Kier alpha value is -3.69. The summed E-state index contributed by atoms with van der Waals surface area (Å²) in [5.74, 6) is -0.362. The van der Waals surface area contributed by atoms with Crippen molar-refractivity contribution in [2.24, 2.45) is 0 Å². The highest BCUT2D eigenvalue weighted by atomic mass is 35.5. The number of rotatable bonds is 6. The number of thioether (sulfide) groups is 1. The molecule has 4 aromatic rings. The van der Waals surface area contributed by atoms with Gasteiger partial charge in [-0.05, 0) is 48.9 Å². The van der Waals surface area contributed by atoms with E-state index in [1.165, 1.54) is 22.8 Å². The van der Waals surface area contributed by atoms with Gasteiger partial charge in [-0.3, -0.25) is 24.3 Å². The van der Waals surface area contributed by atoms with Crippen molar-refractivity contribution in [1.82, 2.24) is 9.55 Å². The summed E-state index contributed by atoms with van der Waals surface area (Å²) in [6.45, 7) is 1.68. The SMILES string of the molecule is Cc1cc([N+](=O)[O-])ccc1NC(=O)CSc1nc2ccccc2c(=O)n1-c1cccc(Cl)c1. The van der Waals surface area contributed by atoms with Crippen molar-refractivity contribution >= 4 is 51.5 Å². The van der Waals surface area contributed by atoms with E-state index in [-0.39, 0.29) is 22.9 Å². The third kappa shape index (κ3) is 4.89. The molecule has 1 amide bonds. The van der Waals surface area contributed by atoms with Crippen LogP contribution in [0.2, 0.25) is 5.02 Å². The number of carbonyl (C=O) groups is 1. The van der Waals surface area contributed by atoms with Crippen molar-refractivity contribution in [2.45, 2.75) is 12.1 Å². The lowest BCUT2D eigenvalue weighted by Gasteiger charge is -2.14. The minimum Gasteiger partial charge on any atom is -0.325 e. The number of carbonyl (C=O) groups excluding carboxylic acids is 1. The van der Waals surface area contributed by atoms with Crippen molar-refractivity contribution in [3.8, 4) is 5.69 Å². The van der Waals surface area contributed by atoms with Crippen molar-refractivity contribution < 1.29 is 9.72 Å². The molecule has 0 atom stereocenters. The standard InChI is InChI=1S/C23H17ClN4O4S/c1-14-11-17(28(31)32)9-10-19(14)25-21(29)13-33-23-26-20-8-3-2-7-18(20)22(30)27(23)16-6-4-5-15(24)12-16/h2-12H,13H2,1H3,(H,25,29). The second kappa shape index (κ2) is 9.43. The molecule has 166 valence electrons. The van der Waals surface area contributed by atoms with E-state index < -0.39 is 4.92 Å². The zero-order valence-corrected chi connectivity index (χ0v) is 18.9. The van der Waals surface area contributed by atoms with E-state index in [1.54, 1.807) is 55.5 Å². The number of anilines is 1. The maximum absolute atomic E-state index is 13.2. The Morgan fingerprint density at radius 3 is 2.67 bits per heavy atom. The molecule has 33 heavy (non-hydrogen) atoms. The highest BCUT2D eigenvalue weighted by Crippen LogP contribution is 2.24. The summed E-state index contributed by atoms with van der Waals surface area (Å²) in [5, 5.41) is 14.9. The lowest BCUT2D eigenvalue weighted by Crippen LogP contribution is -2.23. The number of nitro groups is 1. The van der Waals surface area contributed by atoms with E-state index in [4.69, 9.17) is 11.6 Å². The zero-order valence-electron chi connectivity index (χ0n) is 17.3. The number of aromatic nitrogens is 2. The van der Waals surface area contributed by atoms with Gasteiger partial charge in [0.05, 0.1) is 27.3 Å². The molecular formula is C23H17ClN4O4S. The minimum atomic E-state index is -0.491. The molecule has 1 aromatic heterocycles. The molecule has 1 heterocycles. The first kappa shape index (κ1) is 22.5. The number of nitrogens with one attached hydrogen (secondary N) is 1. The maximum atomic E-state index is 13.2. The van der Waals surface area contributed by atoms with Crippen LogP contribution >= 0.6 is 23.4 Å². The van der Waals surface area contributed by atoms with Gasteiger partial charge in [0.1, 0.15) is 0 Å². The number of halogens is 1. The van der Waals surface area contributed by atoms with Crippen LogP contribution in [0, 0.1) is 17.0 Å². The van der Waals surface area contributed by atoms with E-state index in [0.717, 1.165) is 11.8 Å². The molecule has 0 saturated carbocycles. The van der Waals surface area contributed by atoms with Gasteiger partial charge in [0.15, 0.2) is 5.16 Å². The molecule has 10 heteroatoms. The number of fused-ring (bicyclic) bond motifs is 1. The fourth-order valence-electron chi connectivity index (χ4n) is 3.27. The Morgan fingerprint density at radius 2 is 1.94 bits per heavy atom. The molecule has 0 spiro atoms. The lowest BCUT2D eigenvalue weighted by atomic mass is 10.2. The van der Waals surface area contributed by atoms with Crippen LogP contribution in [0.5, 0.6) is 0 Å². The van der Waals surface area contributed by atoms with Gasteiger partial charge in [-0.15, -0.1) is 0 Å². The number of para-hydroxylation sites is 1. The van der Waals surface area contributed by atoms with Gasteiger partial charge < -0.3 is 5.32 Å². The van der Waals surface area contributed by atoms with Gasteiger partial charge in [-0.2, -0.15) is 0 Å². The molecular weight excluding hydrogens is 464 g/mol. The molecule has 4 rings (SSSR count). The lowest BCUT2D eigenvalue weighted by molar-refractivity contribution is -0.384. The van der Waals surface area contributed by atoms with Crippen LogP contribution in [0.3, 0.4) is 0 Å². The van der Waals surface area contributed by atoms with Gasteiger partial charge in [0.2, 0.25) is 5.91 Å². The van der Waals surface area contributed by atoms with E-state index in [9.17, 15) is 19.7 Å². The smallest absolute Gasteiger partial charge is 0.269 e. The molecule has 1 N–H and O–H groups in total. The first-order valence-electron chi connectivity index (χ1n) is 9.79. The average molecular weight is 481 g/mol. The van der Waals surface area contributed by atoms with E-state index in [2.05, 4.69) is 10.3 Å². The Bertz CT molecular complexity index is 1450. The maximum Gasteiger partial charge on any atom is 0.269 e. The minimum absolute atomic E-state index is 0.0260. The Balaban J connectivity index is 1.63. The predicted molar refractivity (Wildman–Crippen MR) is 130 cm³/mol. The van der Waals surface area contributed by atoms with Gasteiger partial charge in [-0.1, -0.05) is 41.6 Å². The zero-order chi connectivity index (χ0) is 23.5. The molecule has 0 aliphatic carbocycles. The molecule has 0 saturated heterocycles. The van der Waals surface area contributed by atoms with E-state index >= 15 is 0 Å². The number of nitro benzene ring substituents is 1. The fourth-order valence-corrected chi connectivity index (χ4v) is 4.27. The van der Waals surface area contributed by atoms with Crippen molar-refractivity contribution in [3.63, 3.8) is 0 Å².